The normalized spacial score (nSPS) is 9.25. The Bertz CT molecular complexity index is 272. The summed E-state index contributed by atoms with van der Waals surface area (Å²) in [6, 6.07) is -1.81. The molecule has 8 heteroatoms. The molecular formula is C8H14N4O4. The molecule has 0 radical (unpaired) electrons. The molecule has 6 N–H and O–H groups in total. The Balaban J connectivity index is 3.53. The van der Waals surface area contributed by atoms with E-state index in [2.05, 4.69) is 0 Å². The van der Waals surface area contributed by atoms with Crippen molar-refractivity contribution < 1.29 is 19.2 Å². The molecule has 0 heterocycles. The van der Waals surface area contributed by atoms with Gasteiger partial charge in [0.25, 0.3) is 0 Å². The van der Waals surface area contributed by atoms with Crippen LogP contribution in [0, 0.1) is 0 Å². The van der Waals surface area contributed by atoms with Crippen molar-refractivity contribution in [3.05, 3.63) is 0 Å². The molecule has 8 nitrogen and oxygen atoms in total. The Morgan fingerprint density at radius 3 is 1.31 bits per heavy atom. The van der Waals surface area contributed by atoms with Gasteiger partial charge in [-0.3, -0.25) is 20.2 Å². The summed E-state index contributed by atoms with van der Waals surface area (Å²) in [5, 5.41) is 3.78. The number of amides is 6. The Hall–Kier alpha value is -2.12. The maximum Gasteiger partial charge on any atom is 0.318 e. The summed E-state index contributed by atoms with van der Waals surface area (Å²) in [5.74, 6) is -0.995. The highest BCUT2D eigenvalue weighted by molar-refractivity contribution is 5.94. The fraction of sp³-hybridized carbons (Fsp3) is 0.500. The highest BCUT2D eigenvalue weighted by Crippen LogP contribution is 1.99. The predicted octanol–water partition coefficient (Wildman–Crippen LogP) is -1.06. The van der Waals surface area contributed by atoms with Crippen LogP contribution in [-0.2, 0) is 9.59 Å². The minimum atomic E-state index is -0.906. The average Bonchev–Trinajstić information content (AvgIpc) is 2.10. The number of primary amides is 2. The highest BCUT2D eigenvalue weighted by Gasteiger charge is 2.06. The van der Waals surface area contributed by atoms with E-state index in [0.29, 0.717) is 12.8 Å². The number of nitrogens with two attached hydrogens (primary N) is 2. The Kier molecular flexibility index (Phi) is 6.25. The van der Waals surface area contributed by atoms with Gasteiger partial charge in [0.2, 0.25) is 11.8 Å². The van der Waals surface area contributed by atoms with E-state index in [-0.39, 0.29) is 12.8 Å². The van der Waals surface area contributed by atoms with Gasteiger partial charge >= 0.3 is 12.1 Å². The summed E-state index contributed by atoms with van der Waals surface area (Å²) < 4.78 is 0. The first-order valence-electron chi connectivity index (χ1n) is 4.60. The largest absolute Gasteiger partial charge is 0.351 e. The van der Waals surface area contributed by atoms with Crippen molar-refractivity contribution in [1.82, 2.24) is 10.6 Å². The minimum absolute atomic E-state index is 0.0901. The van der Waals surface area contributed by atoms with Gasteiger partial charge in [0, 0.05) is 12.8 Å². The van der Waals surface area contributed by atoms with Crippen LogP contribution in [0.5, 0.6) is 0 Å². The second-order valence-electron chi connectivity index (χ2n) is 3.03. The van der Waals surface area contributed by atoms with Crippen LogP contribution in [0.4, 0.5) is 9.59 Å². The summed E-state index contributed by atoms with van der Waals surface area (Å²) in [7, 11) is 0. The average molecular weight is 230 g/mol. The molecule has 90 valence electrons. The molecule has 0 saturated carbocycles. The van der Waals surface area contributed by atoms with E-state index in [4.69, 9.17) is 11.5 Å². The maximum absolute atomic E-state index is 10.9. The van der Waals surface area contributed by atoms with Gasteiger partial charge < -0.3 is 11.5 Å². The number of carbonyl (C=O) groups excluding carboxylic acids is 4. The third-order valence-electron chi connectivity index (χ3n) is 1.58. The zero-order valence-electron chi connectivity index (χ0n) is 8.62. The summed E-state index contributed by atoms with van der Waals surface area (Å²) in [4.78, 5) is 42.3. The van der Waals surface area contributed by atoms with Crippen molar-refractivity contribution in [3.63, 3.8) is 0 Å². The molecule has 0 saturated heterocycles. The lowest BCUT2D eigenvalue weighted by molar-refractivity contribution is -0.121. The molecule has 0 aliphatic rings. The molecule has 0 aliphatic heterocycles. The van der Waals surface area contributed by atoms with Crippen LogP contribution in [0.2, 0.25) is 0 Å². The second-order valence-corrected chi connectivity index (χ2v) is 3.03. The van der Waals surface area contributed by atoms with E-state index in [1.165, 1.54) is 0 Å². The fourth-order valence-corrected chi connectivity index (χ4v) is 0.971. The zero-order valence-corrected chi connectivity index (χ0v) is 8.62. The van der Waals surface area contributed by atoms with Crippen molar-refractivity contribution in [1.29, 1.82) is 0 Å². The molecule has 0 aliphatic carbocycles. The smallest absolute Gasteiger partial charge is 0.318 e. The molecule has 16 heavy (non-hydrogen) atoms. The lowest BCUT2D eigenvalue weighted by Crippen LogP contribution is -2.35. The first-order chi connectivity index (χ1) is 7.41. The molecule has 0 atom stereocenters. The van der Waals surface area contributed by atoms with Crippen LogP contribution in [0.15, 0.2) is 0 Å². The molecule has 0 bridgehead atoms. The SMILES string of the molecule is NC(=O)NC(=O)CCCCC(=O)NC(N)=O. The van der Waals surface area contributed by atoms with E-state index < -0.39 is 23.9 Å². The van der Waals surface area contributed by atoms with Crippen molar-refractivity contribution in [2.45, 2.75) is 25.7 Å². The monoisotopic (exact) mass is 230 g/mol. The number of unbranched alkanes of at least 4 members (excludes halogenated alkanes) is 1. The van der Waals surface area contributed by atoms with Gasteiger partial charge in [-0.1, -0.05) is 0 Å². The van der Waals surface area contributed by atoms with E-state index in [9.17, 15) is 19.2 Å². The summed E-state index contributed by atoms with van der Waals surface area (Å²) in [6.45, 7) is 0. The lowest BCUT2D eigenvalue weighted by atomic mass is 10.2. The number of rotatable bonds is 5. The Morgan fingerprint density at radius 2 is 1.06 bits per heavy atom. The van der Waals surface area contributed by atoms with Crippen molar-refractivity contribution in [2.75, 3.05) is 0 Å². The molecule has 0 aromatic rings. The van der Waals surface area contributed by atoms with Crippen LogP contribution in [0.25, 0.3) is 0 Å². The van der Waals surface area contributed by atoms with Crippen LogP contribution >= 0.6 is 0 Å². The molecule has 0 rings (SSSR count). The topological polar surface area (TPSA) is 144 Å². The Labute approximate surface area is 91.7 Å². The van der Waals surface area contributed by atoms with Gasteiger partial charge in [0.15, 0.2) is 0 Å². The molecule has 0 aromatic carbocycles. The number of hydrogen-bond donors (Lipinski definition) is 4. The minimum Gasteiger partial charge on any atom is -0.351 e. The van der Waals surface area contributed by atoms with Crippen molar-refractivity contribution >= 4 is 23.9 Å². The van der Waals surface area contributed by atoms with Crippen molar-refractivity contribution in [3.8, 4) is 0 Å². The quantitative estimate of drug-likeness (QED) is 0.446. The third kappa shape index (κ3) is 8.48. The van der Waals surface area contributed by atoms with E-state index in [0.717, 1.165) is 0 Å². The first-order valence-corrected chi connectivity index (χ1v) is 4.60. The Morgan fingerprint density at radius 1 is 0.750 bits per heavy atom. The fourth-order valence-electron chi connectivity index (χ4n) is 0.971. The van der Waals surface area contributed by atoms with Gasteiger partial charge in [-0.2, -0.15) is 0 Å². The summed E-state index contributed by atoms with van der Waals surface area (Å²) in [6.07, 6.45) is 0.996. The van der Waals surface area contributed by atoms with Crippen LogP contribution in [0.3, 0.4) is 0 Å². The van der Waals surface area contributed by atoms with E-state index in [1.807, 2.05) is 10.6 Å². The van der Waals surface area contributed by atoms with E-state index in [1.54, 1.807) is 0 Å². The number of carbonyl (C=O) groups is 4. The maximum atomic E-state index is 10.9. The molecule has 0 fully saturated rings. The van der Waals surface area contributed by atoms with Gasteiger partial charge in [0.1, 0.15) is 0 Å². The van der Waals surface area contributed by atoms with Crippen molar-refractivity contribution in [2.24, 2.45) is 11.5 Å². The predicted molar refractivity (Wildman–Crippen MR) is 53.9 cm³/mol. The first kappa shape index (κ1) is 13.9. The van der Waals surface area contributed by atoms with E-state index >= 15 is 0 Å². The van der Waals surface area contributed by atoms with Crippen LogP contribution in [-0.4, -0.2) is 23.9 Å². The van der Waals surface area contributed by atoms with Crippen LogP contribution < -0.4 is 22.1 Å². The molecule has 0 spiro atoms. The van der Waals surface area contributed by atoms with Gasteiger partial charge in [-0.15, -0.1) is 0 Å². The number of imide groups is 2. The summed E-state index contributed by atoms with van der Waals surface area (Å²) in [5.41, 5.74) is 9.43. The standard InChI is InChI=1S/C8H14N4O4/c9-7(15)11-5(13)3-1-2-4-6(14)12-8(10)16/h1-4H2,(H3,9,11,13,15)(H3,10,12,14,16). The third-order valence-corrected chi connectivity index (χ3v) is 1.58. The second kappa shape index (κ2) is 7.21. The van der Waals surface area contributed by atoms with Gasteiger partial charge in [-0.25, -0.2) is 9.59 Å². The van der Waals surface area contributed by atoms with Crippen LogP contribution in [0.1, 0.15) is 25.7 Å². The molecule has 6 amide bonds. The molecule has 0 aromatic heterocycles. The number of nitrogens with one attached hydrogen (secondary N) is 2. The molecule has 0 unspecified atom stereocenters. The zero-order chi connectivity index (χ0) is 12.6. The van der Waals surface area contributed by atoms with Gasteiger partial charge in [0.05, 0.1) is 0 Å². The molecular weight excluding hydrogens is 216 g/mol. The number of hydrogen-bond acceptors (Lipinski definition) is 4. The summed E-state index contributed by atoms with van der Waals surface area (Å²) >= 11 is 0. The lowest BCUT2D eigenvalue weighted by Gasteiger charge is -2.01. The van der Waals surface area contributed by atoms with Gasteiger partial charge in [-0.05, 0) is 12.8 Å². The highest BCUT2D eigenvalue weighted by atomic mass is 16.2. The number of urea groups is 2.